The summed E-state index contributed by atoms with van der Waals surface area (Å²) in [5.74, 6) is 1.42. The van der Waals surface area contributed by atoms with Gasteiger partial charge in [-0.1, -0.05) is 36.8 Å². The Kier molecular flexibility index (Phi) is 8.80. The molecule has 1 aliphatic carbocycles. The zero-order valence-electron chi connectivity index (χ0n) is 20.9. The maximum Gasteiger partial charge on any atom is 0.265 e. The lowest BCUT2D eigenvalue weighted by molar-refractivity contribution is -0.00482. The third-order valence-corrected chi connectivity index (χ3v) is 7.90. The molecule has 5 nitrogen and oxygen atoms in total. The van der Waals surface area contributed by atoms with E-state index in [1.807, 2.05) is 12.1 Å². The largest absolute Gasteiger partial charge is 0.494 e. The number of benzene rings is 2. The number of hydrogen-bond donors (Lipinski definition) is 0. The molecule has 3 atom stereocenters. The first-order valence-electron chi connectivity index (χ1n) is 13.1. The van der Waals surface area contributed by atoms with Crippen LogP contribution in [0.4, 0.5) is 0 Å². The Bertz CT molecular complexity index is 1000. The van der Waals surface area contributed by atoms with Gasteiger partial charge in [-0.2, -0.15) is 5.26 Å². The summed E-state index contributed by atoms with van der Waals surface area (Å²) in [6.07, 6.45) is 6.54. The summed E-state index contributed by atoms with van der Waals surface area (Å²) in [6, 6.07) is 20.0. The number of hydrogen-bond acceptors (Lipinski definition) is 4. The summed E-state index contributed by atoms with van der Waals surface area (Å²) in [5.41, 5.74) is 1.33. The number of piperidine rings is 1. The Balaban J connectivity index is 1.36. The smallest absolute Gasteiger partial charge is 0.265 e. The number of nitriles is 1. The van der Waals surface area contributed by atoms with E-state index in [0.717, 1.165) is 63.9 Å². The molecule has 35 heavy (non-hydrogen) atoms. The van der Waals surface area contributed by atoms with Crippen molar-refractivity contribution in [2.45, 2.75) is 57.1 Å². The Morgan fingerprint density at radius 3 is 2.46 bits per heavy atom. The summed E-state index contributed by atoms with van der Waals surface area (Å²) < 4.78 is 12.0. The van der Waals surface area contributed by atoms with Crippen LogP contribution in [0.2, 0.25) is 0 Å². The van der Waals surface area contributed by atoms with Crippen LogP contribution >= 0.6 is 0 Å². The molecule has 0 radical (unpaired) electrons. The highest BCUT2D eigenvalue weighted by Crippen LogP contribution is 2.52. The fourth-order valence-corrected chi connectivity index (χ4v) is 6.24. The van der Waals surface area contributed by atoms with Crippen molar-refractivity contribution in [2.75, 3.05) is 32.8 Å². The third kappa shape index (κ3) is 5.69. The van der Waals surface area contributed by atoms with Crippen LogP contribution in [0.15, 0.2) is 54.6 Å². The van der Waals surface area contributed by atoms with E-state index < -0.39 is 5.54 Å². The second-order valence-electron chi connectivity index (χ2n) is 9.79. The van der Waals surface area contributed by atoms with Gasteiger partial charge in [-0.15, -0.1) is 0 Å². The van der Waals surface area contributed by atoms with E-state index in [1.165, 1.54) is 5.56 Å². The van der Waals surface area contributed by atoms with E-state index in [9.17, 15) is 0 Å². The Labute approximate surface area is 210 Å². The summed E-state index contributed by atoms with van der Waals surface area (Å²) in [4.78, 5) is 7.01. The van der Waals surface area contributed by atoms with Gasteiger partial charge in [-0.25, -0.2) is 6.57 Å². The molecule has 5 heteroatoms. The van der Waals surface area contributed by atoms with E-state index >= 15 is 0 Å². The number of rotatable bonds is 10. The molecular weight excluding hydrogens is 434 g/mol. The Hall–Kier alpha value is -2.86. The molecule has 2 aromatic rings. The lowest BCUT2D eigenvalue weighted by atomic mass is 9.65. The number of ether oxygens (including phenoxy) is 2. The molecule has 0 unspecified atom stereocenters. The van der Waals surface area contributed by atoms with Crippen LogP contribution in [-0.4, -0.2) is 43.9 Å². The standard InChI is InChI=1S/C30H37N3O2/c1-3-34-29-12-7-11-28(29)30(32-2,25-9-5-4-6-10-25)26-17-20-33(21-18-26)19-8-22-35-27-15-13-24(23-31)14-16-27/h4-6,9-10,13-16,26,28-29H,3,7-8,11-12,17-22H2,1H3/t28-,29-,30-/m0/s1. The fourth-order valence-electron chi connectivity index (χ4n) is 6.24. The van der Waals surface area contributed by atoms with Crippen LogP contribution in [0, 0.1) is 29.7 Å². The molecule has 0 bridgehead atoms. The zero-order valence-corrected chi connectivity index (χ0v) is 20.9. The molecule has 1 saturated carbocycles. The monoisotopic (exact) mass is 471 g/mol. The first-order chi connectivity index (χ1) is 17.2. The minimum atomic E-state index is -0.498. The van der Waals surface area contributed by atoms with Crippen molar-refractivity contribution >= 4 is 0 Å². The van der Waals surface area contributed by atoms with E-state index in [-0.39, 0.29) is 12.0 Å². The predicted octanol–water partition coefficient (Wildman–Crippen LogP) is 6.06. The number of likely N-dealkylation sites (tertiary alicyclic amines) is 1. The van der Waals surface area contributed by atoms with Gasteiger partial charge in [0.25, 0.3) is 5.54 Å². The van der Waals surface area contributed by atoms with Crippen molar-refractivity contribution in [3.05, 3.63) is 77.1 Å². The van der Waals surface area contributed by atoms with Crippen molar-refractivity contribution < 1.29 is 9.47 Å². The van der Waals surface area contributed by atoms with Gasteiger partial charge < -0.3 is 19.2 Å². The van der Waals surface area contributed by atoms with Gasteiger partial charge in [0, 0.05) is 24.6 Å². The molecule has 184 valence electrons. The molecule has 4 rings (SSSR count). The topological polar surface area (TPSA) is 49.9 Å². The van der Waals surface area contributed by atoms with E-state index in [1.54, 1.807) is 12.1 Å². The molecule has 0 amide bonds. The third-order valence-electron chi connectivity index (χ3n) is 7.90. The molecule has 2 aromatic carbocycles. The summed E-state index contributed by atoms with van der Waals surface area (Å²) >= 11 is 0. The minimum Gasteiger partial charge on any atom is -0.494 e. The first kappa shape index (κ1) is 25.2. The molecular formula is C30H37N3O2. The maximum atomic E-state index is 8.92. The highest BCUT2D eigenvalue weighted by molar-refractivity contribution is 5.34. The predicted molar refractivity (Wildman–Crippen MR) is 138 cm³/mol. The van der Waals surface area contributed by atoms with Gasteiger partial charge in [0.2, 0.25) is 0 Å². The van der Waals surface area contributed by atoms with Gasteiger partial charge in [-0.3, -0.25) is 0 Å². The molecule has 2 aliphatic rings. The zero-order chi connectivity index (χ0) is 24.5. The van der Waals surface area contributed by atoms with Crippen LogP contribution in [0.25, 0.3) is 4.85 Å². The SMILES string of the molecule is [C-]#[N+][C@@](c1ccccc1)(C1CCN(CCCOc2ccc(C#N)cc2)CC1)[C@H]1CCC[C@@H]1OCC. The molecule has 1 saturated heterocycles. The van der Waals surface area contributed by atoms with Crippen molar-refractivity contribution in [2.24, 2.45) is 11.8 Å². The van der Waals surface area contributed by atoms with Gasteiger partial charge in [-0.05, 0) is 76.4 Å². The second kappa shape index (κ2) is 12.2. The van der Waals surface area contributed by atoms with E-state index in [0.29, 0.717) is 24.7 Å². The number of nitrogens with zero attached hydrogens (tertiary/aromatic N) is 3. The fraction of sp³-hybridized carbons (Fsp3) is 0.533. The van der Waals surface area contributed by atoms with Gasteiger partial charge in [0.1, 0.15) is 5.75 Å². The van der Waals surface area contributed by atoms with Gasteiger partial charge in [0.15, 0.2) is 0 Å². The van der Waals surface area contributed by atoms with Crippen LogP contribution in [0.5, 0.6) is 5.75 Å². The second-order valence-corrected chi connectivity index (χ2v) is 9.79. The summed E-state index contributed by atoms with van der Waals surface area (Å²) in [7, 11) is 0. The van der Waals surface area contributed by atoms with Crippen LogP contribution in [0.1, 0.15) is 56.6 Å². The molecule has 1 aliphatic heterocycles. The molecule has 2 fully saturated rings. The van der Waals surface area contributed by atoms with E-state index in [2.05, 4.69) is 53.1 Å². The average Bonchev–Trinajstić information content (AvgIpc) is 3.38. The van der Waals surface area contributed by atoms with Crippen LogP contribution in [-0.2, 0) is 10.3 Å². The Morgan fingerprint density at radius 2 is 1.80 bits per heavy atom. The highest BCUT2D eigenvalue weighted by Gasteiger charge is 2.57. The maximum absolute atomic E-state index is 8.92. The van der Waals surface area contributed by atoms with Gasteiger partial charge >= 0.3 is 0 Å². The van der Waals surface area contributed by atoms with Crippen molar-refractivity contribution in [3.63, 3.8) is 0 Å². The lowest BCUT2D eigenvalue weighted by Gasteiger charge is -2.42. The molecule has 1 heterocycles. The summed E-state index contributed by atoms with van der Waals surface area (Å²) in [6.45, 7) is 15.0. The minimum absolute atomic E-state index is 0.187. The molecule has 0 spiro atoms. The van der Waals surface area contributed by atoms with Gasteiger partial charge in [0.05, 0.1) is 30.3 Å². The van der Waals surface area contributed by atoms with Crippen LogP contribution in [0.3, 0.4) is 0 Å². The average molecular weight is 472 g/mol. The highest BCUT2D eigenvalue weighted by atomic mass is 16.5. The van der Waals surface area contributed by atoms with Crippen molar-refractivity contribution in [1.29, 1.82) is 5.26 Å². The summed E-state index contributed by atoms with van der Waals surface area (Å²) in [5, 5.41) is 8.92. The van der Waals surface area contributed by atoms with Crippen molar-refractivity contribution in [1.82, 2.24) is 4.90 Å². The van der Waals surface area contributed by atoms with E-state index in [4.69, 9.17) is 21.3 Å². The first-order valence-corrected chi connectivity index (χ1v) is 13.1. The van der Waals surface area contributed by atoms with Crippen molar-refractivity contribution in [3.8, 4) is 11.8 Å². The molecule has 0 N–H and O–H groups in total. The normalized spacial score (nSPS) is 22.7. The Morgan fingerprint density at radius 1 is 1.06 bits per heavy atom. The van der Waals surface area contributed by atoms with Crippen LogP contribution < -0.4 is 4.74 Å². The lowest BCUT2D eigenvalue weighted by Crippen LogP contribution is -2.48. The molecule has 0 aromatic heterocycles. The quantitative estimate of drug-likeness (QED) is 0.312.